The highest BCUT2D eigenvalue weighted by Gasteiger charge is 2.23. The molecule has 19 heavy (non-hydrogen) atoms. The van der Waals surface area contributed by atoms with Crippen molar-refractivity contribution in [1.82, 2.24) is 9.97 Å². The van der Waals surface area contributed by atoms with Crippen molar-refractivity contribution < 1.29 is 8.42 Å². The van der Waals surface area contributed by atoms with Crippen LogP contribution >= 0.6 is 23.2 Å². The second kappa shape index (κ2) is 5.20. The van der Waals surface area contributed by atoms with Crippen molar-refractivity contribution in [3.05, 3.63) is 40.6 Å². The number of hydrogen-bond donors (Lipinski definition) is 2. The van der Waals surface area contributed by atoms with Crippen molar-refractivity contribution in [2.75, 3.05) is 10.5 Å². The lowest BCUT2D eigenvalue weighted by Crippen LogP contribution is -2.16. The molecule has 0 atom stereocenters. The molecule has 0 radical (unpaired) electrons. The van der Waals surface area contributed by atoms with Crippen molar-refractivity contribution in [1.29, 1.82) is 0 Å². The molecule has 0 aliphatic heterocycles. The van der Waals surface area contributed by atoms with Crippen LogP contribution in [0.5, 0.6) is 0 Å². The summed E-state index contributed by atoms with van der Waals surface area (Å²) in [4.78, 5) is 7.24. The summed E-state index contributed by atoms with van der Waals surface area (Å²) < 4.78 is 26.5. The van der Waals surface area contributed by atoms with Gasteiger partial charge in [-0.2, -0.15) is 0 Å². The Morgan fingerprint density at radius 2 is 1.63 bits per heavy atom. The second-order valence-corrected chi connectivity index (χ2v) is 5.93. The molecule has 0 fully saturated rings. The van der Waals surface area contributed by atoms with E-state index in [2.05, 4.69) is 14.7 Å². The number of sulfonamides is 1. The summed E-state index contributed by atoms with van der Waals surface area (Å²) in [7, 11) is -3.99. The van der Waals surface area contributed by atoms with Crippen LogP contribution in [0.4, 0.5) is 11.6 Å². The molecule has 0 bridgehead atoms. The molecule has 9 heteroatoms. The summed E-state index contributed by atoms with van der Waals surface area (Å²) in [5.41, 5.74) is 5.78. The van der Waals surface area contributed by atoms with Crippen LogP contribution in [0.25, 0.3) is 0 Å². The number of nitrogens with two attached hydrogens (primary N) is 1. The molecule has 100 valence electrons. The van der Waals surface area contributed by atoms with Crippen molar-refractivity contribution in [2.24, 2.45) is 0 Å². The van der Waals surface area contributed by atoms with Gasteiger partial charge in [0.15, 0.2) is 0 Å². The van der Waals surface area contributed by atoms with E-state index in [1.54, 1.807) is 6.07 Å². The normalized spacial score (nSPS) is 11.3. The molecule has 0 saturated carbocycles. The maximum absolute atomic E-state index is 12.2. The Morgan fingerprint density at radius 1 is 1.11 bits per heavy atom. The molecule has 1 aromatic carbocycles. The van der Waals surface area contributed by atoms with Crippen LogP contribution in [0.15, 0.2) is 35.5 Å². The first-order chi connectivity index (χ1) is 8.90. The Hall–Kier alpha value is -1.57. The van der Waals surface area contributed by atoms with Crippen LogP contribution in [0.3, 0.4) is 0 Å². The first-order valence-corrected chi connectivity index (χ1v) is 7.18. The third-order valence-corrected chi connectivity index (χ3v) is 4.33. The molecule has 0 aliphatic rings. The van der Waals surface area contributed by atoms with Gasteiger partial charge in [-0.3, -0.25) is 0 Å². The van der Waals surface area contributed by atoms with Gasteiger partial charge in [0, 0.05) is 18.1 Å². The molecule has 0 saturated heterocycles. The Labute approximate surface area is 119 Å². The van der Waals surface area contributed by atoms with Gasteiger partial charge in [0.1, 0.15) is 4.90 Å². The lowest BCUT2D eigenvalue weighted by atomic mass is 10.3. The zero-order chi connectivity index (χ0) is 14.0. The van der Waals surface area contributed by atoms with Gasteiger partial charge >= 0.3 is 0 Å². The number of rotatable bonds is 3. The number of halogens is 2. The Kier molecular flexibility index (Phi) is 3.79. The molecule has 2 rings (SSSR count). The molecule has 0 unspecified atom stereocenters. The number of anilines is 2. The van der Waals surface area contributed by atoms with Crippen LogP contribution in [0.2, 0.25) is 10.0 Å². The van der Waals surface area contributed by atoms with Gasteiger partial charge in [-0.1, -0.05) is 23.2 Å². The highest BCUT2D eigenvalue weighted by molar-refractivity contribution is 7.93. The fourth-order valence-electron chi connectivity index (χ4n) is 1.36. The molecular formula is C10H8Cl2N4O2S. The number of hydrogen-bond acceptors (Lipinski definition) is 5. The lowest BCUT2D eigenvalue weighted by Gasteiger charge is -2.10. The first kappa shape index (κ1) is 13.9. The molecular weight excluding hydrogens is 311 g/mol. The second-order valence-electron chi connectivity index (χ2n) is 3.49. The predicted octanol–water partition coefficient (Wildman–Crippen LogP) is 2.17. The van der Waals surface area contributed by atoms with Crippen LogP contribution in [0, 0.1) is 0 Å². The van der Waals surface area contributed by atoms with Crippen molar-refractivity contribution >= 4 is 44.9 Å². The summed E-state index contributed by atoms with van der Waals surface area (Å²) >= 11 is 11.7. The first-order valence-electron chi connectivity index (χ1n) is 4.94. The number of nitrogens with one attached hydrogen (secondary N) is 1. The van der Waals surface area contributed by atoms with E-state index in [-0.39, 0.29) is 26.6 Å². The minimum Gasteiger partial charge on any atom is -0.399 e. The summed E-state index contributed by atoms with van der Waals surface area (Å²) in [6.45, 7) is 0. The van der Waals surface area contributed by atoms with Crippen molar-refractivity contribution in [3.8, 4) is 0 Å². The van der Waals surface area contributed by atoms with Crippen molar-refractivity contribution in [2.45, 2.75) is 4.90 Å². The molecule has 3 N–H and O–H groups in total. The zero-order valence-corrected chi connectivity index (χ0v) is 11.7. The van der Waals surface area contributed by atoms with Crippen molar-refractivity contribution in [3.63, 3.8) is 0 Å². The monoisotopic (exact) mass is 318 g/mol. The molecule has 6 nitrogen and oxygen atoms in total. The quantitative estimate of drug-likeness (QED) is 0.845. The van der Waals surface area contributed by atoms with Gasteiger partial charge in [-0.25, -0.2) is 23.1 Å². The van der Waals surface area contributed by atoms with Gasteiger partial charge in [-0.05, 0) is 18.2 Å². The van der Waals surface area contributed by atoms with E-state index in [0.717, 1.165) is 0 Å². The van der Waals surface area contributed by atoms with E-state index in [1.165, 1.54) is 24.5 Å². The fraction of sp³-hybridized carbons (Fsp3) is 0. The Morgan fingerprint density at radius 3 is 2.16 bits per heavy atom. The fourth-order valence-corrected chi connectivity index (χ4v) is 3.55. The van der Waals surface area contributed by atoms with Gasteiger partial charge in [-0.15, -0.1) is 0 Å². The molecule has 0 spiro atoms. The van der Waals surface area contributed by atoms with Gasteiger partial charge in [0.05, 0.1) is 10.0 Å². The SMILES string of the molecule is Nc1cc(Cl)c(S(=O)(=O)Nc2ncccn2)c(Cl)c1. The maximum atomic E-state index is 12.2. The van der Waals surface area contributed by atoms with E-state index < -0.39 is 10.0 Å². The van der Waals surface area contributed by atoms with Gasteiger partial charge in [0.25, 0.3) is 10.0 Å². The van der Waals surface area contributed by atoms with E-state index in [4.69, 9.17) is 28.9 Å². The Balaban J connectivity index is 2.46. The largest absolute Gasteiger partial charge is 0.399 e. The smallest absolute Gasteiger partial charge is 0.267 e. The number of benzene rings is 1. The maximum Gasteiger partial charge on any atom is 0.267 e. The summed E-state index contributed by atoms with van der Waals surface area (Å²) in [6.07, 6.45) is 2.80. The minimum absolute atomic E-state index is 0.0755. The third-order valence-electron chi connectivity index (χ3n) is 2.08. The van der Waals surface area contributed by atoms with Crippen LogP contribution < -0.4 is 10.5 Å². The molecule has 0 aliphatic carbocycles. The van der Waals surface area contributed by atoms with E-state index >= 15 is 0 Å². The van der Waals surface area contributed by atoms with E-state index in [0.29, 0.717) is 0 Å². The molecule has 1 heterocycles. The summed E-state index contributed by atoms with van der Waals surface area (Å²) in [5, 5.41) is -0.151. The van der Waals surface area contributed by atoms with Gasteiger partial charge < -0.3 is 5.73 Å². The molecule has 1 aromatic heterocycles. The van der Waals surface area contributed by atoms with Crippen LogP contribution in [-0.4, -0.2) is 18.4 Å². The van der Waals surface area contributed by atoms with Crippen LogP contribution in [0.1, 0.15) is 0 Å². The summed E-state index contributed by atoms with van der Waals surface area (Å²) in [6, 6.07) is 4.16. The average molecular weight is 319 g/mol. The average Bonchev–Trinajstić information content (AvgIpc) is 2.27. The third kappa shape index (κ3) is 3.06. The molecule has 2 aromatic rings. The molecule has 0 amide bonds. The highest BCUT2D eigenvalue weighted by atomic mass is 35.5. The number of nitrogens with zero attached hydrogens (tertiary/aromatic N) is 2. The van der Waals surface area contributed by atoms with E-state index in [1.807, 2.05) is 0 Å². The lowest BCUT2D eigenvalue weighted by molar-refractivity contribution is 0.601. The standard InChI is InChI=1S/C10H8Cl2N4O2S/c11-7-4-6(13)5-8(12)9(7)19(17,18)16-10-14-2-1-3-15-10/h1-5H,13H2,(H,14,15,16). The summed E-state index contributed by atoms with van der Waals surface area (Å²) in [5.74, 6) is -0.0774. The number of nitrogen functional groups attached to an aromatic ring is 1. The van der Waals surface area contributed by atoms with Crippen LogP contribution in [-0.2, 0) is 10.0 Å². The topological polar surface area (TPSA) is 98.0 Å². The minimum atomic E-state index is -3.99. The van der Waals surface area contributed by atoms with E-state index in [9.17, 15) is 8.42 Å². The zero-order valence-electron chi connectivity index (χ0n) is 9.34. The Bertz CT molecular complexity index is 684. The highest BCUT2D eigenvalue weighted by Crippen LogP contribution is 2.32. The predicted molar refractivity (Wildman–Crippen MR) is 73.7 cm³/mol. The number of aromatic nitrogens is 2. The van der Waals surface area contributed by atoms with Gasteiger partial charge in [0.2, 0.25) is 5.95 Å².